The number of aromatic nitrogens is 2. The fraction of sp³-hybridized carbons (Fsp3) is 0.545. The summed E-state index contributed by atoms with van der Waals surface area (Å²) in [5.41, 5.74) is 8.11. The van der Waals surface area contributed by atoms with Crippen LogP contribution >= 0.6 is 0 Å². The van der Waals surface area contributed by atoms with E-state index in [4.69, 9.17) is 5.73 Å². The lowest BCUT2D eigenvalue weighted by atomic mass is 10.1. The molecule has 1 aliphatic carbocycles. The minimum Gasteiger partial charge on any atom is -0.378 e. The van der Waals surface area contributed by atoms with Gasteiger partial charge in [-0.2, -0.15) is 9.97 Å². The van der Waals surface area contributed by atoms with E-state index in [-0.39, 0.29) is 17.3 Å². The van der Waals surface area contributed by atoms with Crippen LogP contribution in [-0.4, -0.2) is 46.0 Å². The molecule has 1 aliphatic heterocycles. The van der Waals surface area contributed by atoms with E-state index in [0.29, 0.717) is 25.0 Å². The Bertz CT molecular complexity index is 926. The molecule has 1 aromatic heterocycles. The zero-order chi connectivity index (χ0) is 21.8. The Morgan fingerprint density at radius 3 is 2.68 bits per heavy atom. The van der Waals surface area contributed by atoms with Crippen molar-refractivity contribution in [2.75, 3.05) is 42.1 Å². The lowest BCUT2D eigenvalue weighted by molar-refractivity contribution is -0.383. The number of benzene rings is 1. The minimum atomic E-state index is -0.484. The van der Waals surface area contributed by atoms with Gasteiger partial charge in [0.05, 0.1) is 4.92 Å². The van der Waals surface area contributed by atoms with E-state index in [1.807, 2.05) is 11.8 Å². The molecule has 166 valence electrons. The van der Waals surface area contributed by atoms with E-state index in [9.17, 15) is 10.1 Å². The molecule has 0 spiro atoms. The van der Waals surface area contributed by atoms with Crippen molar-refractivity contribution >= 4 is 23.3 Å². The highest BCUT2D eigenvalue weighted by Gasteiger charge is 2.28. The topological polar surface area (TPSA) is 113 Å². The Morgan fingerprint density at radius 1 is 1.26 bits per heavy atom. The Balaban J connectivity index is 1.56. The Kier molecular flexibility index (Phi) is 6.50. The third kappa shape index (κ3) is 5.41. The number of nitrogens with one attached hydrogen (secondary N) is 1. The zero-order valence-electron chi connectivity index (χ0n) is 18.1. The average Bonchev–Trinajstić information content (AvgIpc) is 3.44. The fourth-order valence-electron chi connectivity index (χ4n) is 4.07. The number of anilines is 3. The molecule has 0 atom stereocenters. The summed E-state index contributed by atoms with van der Waals surface area (Å²) < 4.78 is 0. The van der Waals surface area contributed by atoms with Gasteiger partial charge in [0.2, 0.25) is 17.6 Å². The first-order valence-electron chi connectivity index (χ1n) is 11.1. The maximum absolute atomic E-state index is 11.7. The van der Waals surface area contributed by atoms with Gasteiger partial charge in [-0.3, -0.25) is 15.0 Å². The van der Waals surface area contributed by atoms with Gasteiger partial charge in [0.25, 0.3) is 0 Å². The van der Waals surface area contributed by atoms with Crippen LogP contribution in [-0.2, 0) is 13.1 Å². The monoisotopic (exact) mass is 425 g/mol. The number of nitro groups is 1. The molecule has 9 heteroatoms. The molecule has 0 bridgehead atoms. The zero-order valence-corrected chi connectivity index (χ0v) is 18.1. The van der Waals surface area contributed by atoms with Gasteiger partial charge >= 0.3 is 5.69 Å². The van der Waals surface area contributed by atoms with Crippen molar-refractivity contribution in [2.45, 2.75) is 45.7 Å². The molecule has 2 aliphatic rings. The van der Waals surface area contributed by atoms with E-state index in [1.165, 1.54) is 31.2 Å². The second-order valence-corrected chi connectivity index (χ2v) is 8.50. The van der Waals surface area contributed by atoms with Gasteiger partial charge in [0.15, 0.2) is 0 Å². The van der Waals surface area contributed by atoms with Crippen molar-refractivity contribution in [2.24, 2.45) is 5.92 Å². The molecule has 4 rings (SSSR count). The molecule has 31 heavy (non-hydrogen) atoms. The van der Waals surface area contributed by atoms with Crippen LogP contribution in [0.1, 0.15) is 43.7 Å². The highest BCUT2D eigenvalue weighted by atomic mass is 16.6. The van der Waals surface area contributed by atoms with Crippen molar-refractivity contribution in [3.05, 3.63) is 45.5 Å². The van der Waals surface area contributed by atoms with Gasteiger partial charge in [-0.05, 0) is 62.7 Å². The summed E-state index contributed by atoms with van der Waals surface area (Å²) >= 11 is 0. The molecule has 9 nitrogen and oxygen atoms in total. The molecule has 3 N–H and O–H groups in total. The number of nitrogens with zero attached hydrogens (tertiary/aromatic N) is 5. The summed E-state index contributed by atoms with van der Waals surface area (Å²) in [5, 5.41) is 14.9. The van der Waals surface area contributed by atoms with Crippen LogP contribution in [0.4, 0.5) is 23.3 Å². The number of likely N-dealkylation sites (tertiary alicyclic amines) is 1. The summed E-state index contributed by atoms with van der Waals surface area (Å²) in [4.78, 5) is 24.3. The molecule has 0 radical (unpaired) electrons. The Morgan fingerprint density at radius 2 is 2.00 bits per heavy atom. The van der Waals surface area contributed by atoms with Crippen molar-refractivity contribution in [1.82, 2.24) is 14.9 Å². The Hall–Kier alpha value is -2.94. The first kappa shape index (κ1) is 21.3. The number of nitrogen functional groups attached to an aromatic ring is 1. The molecule has 2 fully saturated rings. The summed E-state index contributed by atoms with van der Waals surface area (Å²) in [6.45, 7) is 7.05. The third-order valence-electron chi connectivity index (χ3n) is 5.97. The molecule has 1 saturated heterocycles. The summed E-state index contributed by atoms with van der Waals surface area (Å²) in [6.07, 6.45) is 4.91. The van der Waals surface area contributed by atoms with Crippen LogP contribution in [0.15, 0.2) is 24.3 Å². The predicted molar refractivity (Wildman–Crippen MR) is 122 cm³/mol. The second kappa shape index (κ2) is 9.47. The summed E-state index contributed by atoms with van der Waals surface area (Å²) in [6, 6.07) is 8.44. The fourth-order valence-corrected chi connectivity index (χ4v) is 4.07. The normalized spacial score (nSPS) is 16.4. The predicted octanol–water partition coefficient (Wildman–Crippen LogP) is 3.41. The van der Waals surface area contributed by atoms with E-state index in [2.05, 4.69) is 44.5 Å². The number of hydrogen-bond donors (Lipinski definition) is 2. The Labute approximate surface area is 182 Å². The molecule has 2 aromatic rings. The standard InChI is InChI=1S/C22H31N7O2/c1-2-28(15-18-7-5-6-17(12-18)14-27-10-3-4-11-27)21-19(29(30)31)20(23)25-22(26-21)24-13-16-8-9-16/h5-7,12,16H,2-4,8-11,13-15H2,1H3,(H3,23,24,25,26). The third-order valence-corrected chi connectivity index (χ3v) is 5.97. The van der Waals surface area contributed by atoms with E-state index < -0.39 is 4.92 Å². The van der Waals surface area contributed by atoms with Gasteiger partial charge in [-0.25, -0.2) is 0 Å². The highest BCUT2D eigenvalue weighted by molar-refractivity contribution is 5.71. The van der Waals surface area contributed by atoms with Crippen LogP contribution < -0.4 is 16.0 Å². The summed E-state index contributed by atoms with van der Waals surface area (Å²) in [5.74, 6) is 1.15. The largest absolute Gasteiger partial charge is 0.378 e. The van der Waals surface area contributed by atoms with Gasteiger partial charge in [-0.1, -0.05) is 24.3 Å². The summed E-state index contributed by atoms with van der Waals surface area (Å²) in [7, 11) is 0. The van der Waals surface area contributed by atoms with Crippen molar-refractivity contribution in [1.29, 1.82) is 0 Å². The van der Waals surface area contributed by atoms with Crippen LogP contribution in [0.25, 0.3) is 0 Å². The molecule has 1 aromatic carbocycles. The molecule has 1 saturated carbocycles. The molecular formula is C22H31N7O2. The second-order valence-electron chi connectivity index (χ2n) is 8.50. The van der Waals surface area contributed by atoms with Crippen molar-refractivity contribution in [3.63, 3.8) is 0 Å². The maximum atomic E-state index is 11.7. The van der Waals surface area contributed by atoms with Gasteiger partial charge in [-0.15, -0.1) is 0 Å². The van der Waals surface area contributed by atoms with E-state index >= 15 is 0 Å². The van der Waals surface area contributed by atoms with Crippen LogP contribution in [0.3, 0.4) is 0 Å². The number of nitrogens with two attached hydrogens (primary N) is 1. The first-order chi connectivity index (χ1) is 15.0. The SMILES string of the molecule is CCN(Cc1cccc(CN2CCCC2)c1)c1nc(NCC2CC2)nc(N)c1[N+](=O)[O-]. The number of hydrogen-bond acceptors (Lipinski definition) is 8. The van der Waals surface area contributed by atoms with Crippen molar-refractivity contribution in [3.8, 4) is 0 Å². The molecule has 0 amide bonds. The van der Waals surface area contributed by atoms with Crippen molar-refractivity contribution < 1.29 is 4.92 Å². The average molecular weight is 426 g/mol. The van der Waals surface area contributed by atoms with E-state index in [1.54, 1.807) is 0 Å². The van der Waals surface area contributed by atoms with Gasteiger partial charge in [0, 0.05) is 26.2 Å². The highest BCUT2D eigenvalue weighted by Crippen LogP contribution is 2.34. The van der Waals surface area contributed by atoms with Crippen LogP contribution in [0.2, 0.25) is 0 Å². The van der Waals surface area contributed by atoms with Crippen LogP contribution in [0.5, 0.6) is 0 Å². The van der Waals surface area contributed by atoms with E-state index in [0.717, 1.165) is 31.7 Å². The molecule has 2 heterocycles. The van der Waals surface area contributed by atoms with Gasteiger partial charge in [0.1, 0.15) is 0 Å². The molecule has 0 unspecified atom stereocenters. The smallest absolute Gasteiger partial charge is 0.353 e. The maximum Gasteiger partial charge on any atom is 0.353 e. The molecular weight excluding hydrogens is 394 g/mol. The number of rotatable bonds is 10. The quantitative estimate of drug-likeness (QED) is 0.440. The lowest BCUT2D eigenvalue weighted by Crippen LogP contribution is -2.26. The first-order valence-corrected chi connectivity index (χ1v) is 11.1. The van der Waals surface area contributed by atoms with Crippen LogP contribution in [0, 0.1) is 16.0 Å². The minimum absolute atomic E-state index is 0.102. The lowest BCUT2D eigenvalue weighted by Gasteiger charge is -2.23. The van der Waals surface area contributed by atoms with Gasteiger partial charge < -0.3 is 16.0 Å².